The topological polar surface area (TPSA) is 98.4 Å². The SMILES string of the molecule is Cc1ccccc1OCc1ccc(C(=O)Nc2ccc(NC(=O)c3ccn(C)n3)cc2)o1. The molecule has 0 bridgehead atoms. The van der Waals surface area contributed by atoms with E-state index in [-0.39, 0.29) is 24.2 Å². The zero-order valence-electron chi connectivity index (χ0n) is 17.7. The van der Waals surface area contributed by atoms with Crippen LogP contribution in [0.15, 0.2) is 77.3 Å². The summed E-state index contributed by atoms with van der Waals surface area (Å²) in [5.74, 6) is 0.813. The average molecular weight is 430 g/mol. The Labute approximate surface area is 184 Å². The second kappa shape index (κ2) is 9.22. The van der Waals surface area contributed by atoms with Gasteiger partial charge in [0.25, 0.3) is 11.8 Å². The highest BCUT2D eigenvalue weighted by atomic mass is 16.5. The largest absolute Gasteiger partial charge is 0.485 e. The number of rotatable bonds is 7. The number of para-hydroxylation sites is 1. The van der Waals surface area contributed by atoms with E-state index in [1.54, 1.807) is 60.4 Å². The van der Waals surface area contributed by atoms with Gasteiger partial charge in [0.15, 0.2) is 11.5 Å². The highest BCUT2D eigenvalue weighted by Gasteiger charge is 2.13. The summed E-state index contributed by atoms with van der Waals surface area (Å²) in [5.41, 5.74) is 2.51. The van der Waals surface area contributed by atoms with Crippen molar-refractivity contribution in [3.8, 4) is 5.75 Å². The number of benzene rings is 2. The predicted octanol–water partition coefficient (Wildman–Crippen LogP) is 4.41. The summed E-state index contributed by atoms with van der Waals surface area (Å²) in [7, 11) is 1.74. The number of aryl methyl sites for hydroxylation is 2. The number of aromatic nitrogens is 2. The third-order valence-corrected chi connectivity index (χ3v) is 4.70. The van der Waals surface area contributed by atoms with Gasteiger partial charge in [-0.3, -0.25) is 14.3 Å². The maximum Gasteiger partial charge on any atom is 0.291 e. The lowest BCUT2D eigenvalue weighted by Crippen LogP contribution is -2.13. The maximum absolute atomic E-state index is 12.5. The normalized spacial score (nSPS) is 10.6. The third kappa shape index (κ3) is 5.04. The lowest BCUT2D eigenvalue weighted by atomic mass is 10.2. The number of amides is 2. The summed E-state index contributed by atoms with van der Waals surface area (Å²) in [6.07, 6.45) is 1.70. The molecule has 162 valence electrons. The second-order valence-electron chi connectivity index (χ2n) is 7.18. The molecule has 0 spiro atoms. The Morgan fingerprint density at radius 3 is 2.28 bits per heavy atom. The molecule has 2 aromatic carbocycles. The molecule has 8 nitrogen and oxygen atoms in total. The van der Waals surface area contributed by atoms with Gasteiger partial charge in [0.05, 0.1) is 0 Å². The first-order valence-corrected chi connectivity index (χ1v) is 9.97. The van der Waals surface area contributed by atoms with Crippen molar-refractivity contribution in [2.24, 2.45) is 7.05 Å². The zero-order valence-corrected chi connectivity index (χ0v) is 17.7. The van der Waals surface area contributed by atoms with Crippen molar-refractivity contribution in [1.29, 1.82) is 0 Å². The number of furan rings is 1. The van der Waals surface area contributed by atoms with Crippen LogP contribution in [0.25, 0.3) is 0 Å². The van der Waals surface area contributed by atoms with E-state index in [0.29, 0.717) is 22.8 Å². The van der Waals surface area contributed by atoms with Crippen molar-refractivity contribution in [3.63, 3.8) is 0 Å². The predicted molar refractivity (Wildman–Crippen MR) is 120 cm³/mol. The molecule has 0 saturated carbocycles. The van der Waals surface area contributed by atoms with E-state index in [1.165, 1.54) is 0 Å². The van der Waals surface area contributed by atoms with Crippen LogP contribution in [-0.2, 0) is 13.7 Å². The highest BCUT2D eigenvalue weighted by molar-refractivity contribution is 6.04. The minimum absolute atomic E-state index is 0.181. The lowest BCUT2D eigenvalue weighted by molar-refractivity contribution is 0.0990. The van der Waals surface area contributed by atoms with Gasteiger partial charge in [-0.2, -0.15) is 5.10 Å². The fourth-order valence-electron chi connectivity index (χ4n) is 3.01. The number of carbonyl (C=O) groups excluding carboxylic acids is 2. The molecule has 32 heavy (non-hydrogen) atoms. The van der Waals surface area contributed by atoms with Crippen LogP contribution in [0.4, 0.5) is 11.4 Å². The third-order valence-electron chi connectivity index (χ3n) is 4.70. The van der Waals surface area contributed by atoms with E-state index < -0.39 is 0 Å². The number of nitrogens with one attached hydrogen (secondary N) is 2. The molecule has 0 unspecified atom stereocenters. The quantitative estimate of drug-likeness (QED) is 0.453. The zero-order chi connectivity index (χ0) is 22.5. The van der Waals surface area contributed by atoms with E-state index in [1.807, 2.05) is 31.2 Å². The number of hydrogen-bond donors (Lipinski definition) is 2. The molecule has 8 heteroatoms. The van der Waals surface area contributed by atoms with E-state index in [9.17, 15) is 9.59 Å². The van der Waals surface area contributed by atoms with Crippen LogP contribution < -0.4 is 15.4 Å². The number of anilines is 2. The van der Waals surface area contributed by atoms with Gasteiger partial charge in [0, 0.05) is 24.6 Å². The summed E-state index contributed by atoms with van der Waals surface area (Å²) in [6, 6.07) is 19.4. The van der Waals surface area contributed by atoms with Gasteiger partial charge in [0.2, 0.25) is 0 Å². The molecule has 0 aliphatic carbocycles. The van der Waals surface area contributed by atoms with Crippen LogP contribution in [0.2, 0.25) is 0 Å². The van der Waals surface area contributed by atoms with Crippen molar-refractivity contribution < 1.29 is 18.7 Å². The number of nitrogens with zero attached hydrogens (tertiary/aromatic N) is 2. The molecule has 2 N–H and O–H groups in total. The minimum atomic E-state index is -0.377. The summed E-state index contributed by atoms with van der Waals surface area (Å²) < 4.78 is 12.9. The van der Waals surface area contributed by atoms with E-state index in [0.717, 1.165) is 11.3 Å². The summed E-state index contributed by atoms with van der Waals surface area (Å²) >= 11 is 0. The Kier molecular flexibility index (Phi) is 6.03. The van der Waals surface area contributed by atoms with Crippen LogP contribution in [0.1, 0.15) is 32.4 Å². The summed E-state index contributed by atoms with van der Waals surface area (Å²) in [6.45, 7) is 2.19. The Hall–Kier alpha value is -4.33. The van der Waals surface area contributed by atoms with Gasteiger partial charge in [0.1, 0.15) is 18.1 Å². The molecule has 2 aromatic heterocycles. The van der Waals surface area contributed by atoms with Crippen LogP contribution in [-0.4, -0.2) is 21.6 Å². The van der Waals surface area contributed by atoms with Gasteiger partial charge in [-0.1, -0.05) is 18.2 Å². The van der Waals surface area contributed by atoms with Gasteiger partial charge >= 0.3 is 0 Å². The van der Waals surface area contributed by atoms with Crippen LogP contribution in [0, 0.1) is 6.92 Å². The number of ether oxygens (including phenoxy) is 1. The smallest absolute Gasteiger partial charge is 0.291 e. The first-order valence-electron chi connectivity index (χ1n) is 9.97. The summed E-state index contributed by atoms with van der Waals surface area (Å²) in [4.78, 5) is 24.6. The Bertz CT molecular complexity index is 1240. The molecule has 0 atom stereocenters. The van der Waals surface area contributed by atoms with E-state index in [4.69, 9.17) is 9.15 Å². The van der Waals surface area contributed by atoms with Gasteiger partial charge in [-0.25, -0.2) is 0 Å². The molecule has 0 saturated heterocycles. The Morgan fingerprint density at radius 1 is 0.938 bits per heavy atom. The maximum atomic E-state index is 12.5. The second-order valence-corrected chi connectivity index (χ2v) is 7.18. The van der Waals surface area contributed by atoms with Gasteiger partial charge < -0.3 is 19.8 Å². The molecule has 2 amide bonds. The molecule has 0 fully saturated rings. The fraction of sp³-hybridized carbons (Fsp3) is 0.125. The summed E-state index contributed by atoms with van der Waals surface area (Å²) in [5, 5.41) is 9.59. The molecular weight excluding hydrogens is 408 g/mol. The molecule has 4 aromatic rings. The van der Waals surface area contributed by atoms with Crippen molar-refractivity contribution in [1.82, 2.24) is 9.78 Å². The van der Waals surface area contributed by atoms with Crippen LogP contribution in [0.5, 0.6) is 5.75 Å². The monoisotopic (exact) mass is 430 g/mol. The molecule has 2 heterocycles. The Balaban J connectivity index is 1.32. The van der Waals surface area contributed by atoms with Crippen LogP contribution in [0.3, 0.4) is 0 Å². The standard InChI is InChI=1S/C24H22N4O4/c1-16-5-3-4-6-21(16)31-15-19-11-12-22(32-19)24(30)26-18-9-7-17(8-10-18)25-23(29)20-13-14-28(2)27-20/h3-14H,15H2,1-2H3,(H,25,29)(H,26,30). The molecule has 0 aliphatic heterocycles. The van der Waals surface area contributed by atoms with Gasteiger partial charge in [-0.15, -0.1) is 0 Å². The fourth-order valence-corrected chi connectivity index (χ4v) is 3.01. The minimum Gasteiger partial charge on any atom is -0.485 e. The molecular formula is C24H22N4O4. The highest BCUT2D eigenvalue weighted by Crippen LogP contribution is 2.20. The first-order chi connectivity index (χ1) is 15.5. The van der Waals surface area contributed by atoms with Crippen molar-refractivity contribution in [2.75, 3.05) is 10.6 Å². The Morgan fingerprint density at radius 2 is 1.62 bits per heavy atom. The van der Waals surface area contributed by atoms with Crippen molar-refractivity contribution >= 4 is 23.2 Å². The van der Waals surface area contributed by atoms with Gasteiger partial charge in [-0.05, 0) is 61.0 Å². The van der Waals surface area contributed by atoms with Crippen molar-refractivity contribution in [2.45, 2.75) is 13.5 Å². The first kappa shape index (κ1) is 20.9. The van der Waals surface area contributed by atoms with Crippen molar-refractivity contribution in [3.05, 3.63) is 95.7 Å². The molecule has 0 aliphatic rings. The lowest BCUT2D eigenvalue weighted by Gasteiger charge is -2.07. The number of hydrogen-bond acceptors (Lipinski definition) is 5. The molecule has 0 radical (unpaired) electrons. The molecule has 4 rings (SSSR count). The van der Waals surface area contributed by atoms with Crippen LogP contribution >= 0.6 is 0 Å². The van der Waals surface area contributed by atoms with E-state index >= 15 is 0 Å². The van der Waals surface area contributed by atoms with E-state index in [2.05, 4.69) is 15.7 Å². The average Bonchev–Trinajstić information content (AvgIpc) is 3.44. The number of carbonyl (C=O) groups is 2.